The largest absolute Gasteiger partial charge is 0.462 e. The number of allylic oxidation sites excluding steroid dienone is 2. The molecule has 10 heteroatoms. The van der Waals surface area contributed by atoms with Crippen LogP contribution < -0.4 is 0 Å². The Balaban J connectivity index is 2.30. The lowest BCUT2D eigenvalue weighted by molar-refractivity contribution is -0.305. The fourth-order valence-electron chi connectivity index (χ4n) is 6.65. The molecule has 0 radical (unpaired) electrons. The van der Waals surface area contributed by atoms with Crippen LogP contribution in [0.15, 0.2) is 12.2 Å². The highest BCUT2D eigenvalue weighted by Crippen LogP contribution is 2.23. The molecule has 0 aromatic rings. The summed E-state index contributed by atoms with van der Waals surface area (Å²) in [6.07, 6.45) is 28.0. The van der Waals surface area contributed by atoms with Crippen molar-refractivity contribution in [2.24, 2.45) is 0 Å². The van der Waals surface area contributed by atoms with E-state index in [1.165, 1.54) is 122 Å². The normalized spacial score (nSPS) is 20.9. The topological polar surface area (TPSA) is 152 Å². The highest BCUT2D eigenvalue weighted by atomic mass is 16.7. The van der Waals surface area contributed by atoms with Crippen LogP contribution in [0, 0.1) is 0 Å². The molecule has 0 spiro atoms. The number of hydrogen-bond acceptors (Lipinski definition) is 10. The first-order valence-corrected chi connectivity index (χ1v) is 21.8. The third-order valence-corrected chi connectivity index (χ3v) is 10.2. The Hall–Kier alpha value is -1.56. The Kier molecular flexibility index (Phi) is 32.6. The van der Waals surface area contributed by atoms with Gasteiger partial charge in [0, 0.05) is 12.8 Å². The van der Waals surface area contributed by atoms with E-state index < -0.39 is 49.4 Å². The lowest BCUT2D eigenvalue weighted by atomic mass is 9.99. The SMILES string of the molecule is CCCCCCCC/C=C/CCCCCCCCCCCC(=O)O[C@H](COC(=O)CCCCCCCCCCC)CO[C@@H]1O[C@H](CO)[C@H](O)C(O)C1O. The van der Waals surface area contributed by atoms with Gasteiger partial charge in [-0.05, 0) is 38.5 Å². The number of ether oxygens (including phenoxy) is 4. The Bertz CT molecular complexity index is 881. The van der Waals surface area contributed by atoms with Crippen LogP contribution in [0.25, 0.3) is 0 Å². The summed E-state index contributed by atoms with van der Waals surface area (Å²) in [5.74, 6) is -0.805. The van der Waals surface area contributed by atoms with E-state index in [2.05, 4.69) is 26.0 Å². The second-order valence-electron chi connectivity index (χ2n) is 15.2. The molecule has 2 unspecified atom stereocenters. The molecule has 53 heavy (non-hydrogen) atoms. The highest BCUT2D eigenvalue weighted by Gasteiger charge is 2.44. The van der Waals surface area contributed by atoms with Crippen LogP contribution in [0.5, 0.6) is 0 Å². The van der Waals surface area contributed by atoms with Crippen molar-refractivity contribution in [1.29, 1.82) is 0 Å². The van der Waals surface area contributed by atoms with Crippen molar-refractivity contribution in [2.45, 2.75) is 230 Å². The molecule has 1 fully saturated rings. The average Bonchev–Trinajstić information content (AvgIpc) is 3.15. The molecule has 0 saturated carbocycles. The van der Waals surface area contributed by atoms with Crippen molar-refractivity contribution in [3.8, 4) is 0 Å². The molecule has 1 heterocycles. The van der Waals surface area contributed by atoms with E-state index in [0.29, 0.717) is 6.42 Å². The van der Waals surface area contributed by atoms with Crippen LogP contribution in [0.2, 0.25) is 0 Å². The third kappa shape index (κ3) is 26.8. The van der Waals surface area contributed by atoms with Gasteiger partial charge in [0.1, 0.15) is 31.0 Å². The molecule has 312 valence electrons. The molecule has 1 aliphatic rings. The molecule has 0 aliphatic carbocycles. The van der Waals surface area contributed by atoms with Crippen LogP contribution in [-0.4, -0.2) is 89.0 Å². The minimum Gasteiger partial charge on any atom is -0.462 e. The minimum absolute atomic E-state index is 0.213. The van der Waals surface area contributed by atoms with Crippen molar-refractivity contribution < 1.29 is 49.0 Å². The maximum atomic E-state index is 12.7. The lowest BCUT2D eigenvalue weighted by Crippen LogP contribution is -2.59. The van der Waals surface area contributed by atoms with E-state index in [0.717, 1.165) is 38.5 Å². The maximum Gasteiger partial charge on any atom is 0.306 e. The molecule has 1 saturated heterocycles. The summed E-state index contributed by atoms with van der Waals surface area (Å²) in [4.78, 5) is 25.2. The van der Waals surface area contributed by atoms with Crippen LogP contribution in [0.1, 0.15) is 194 Å². The number of aliphatic hydroxyl groups excluding tert-OH is 4. The number of unbranched alkanes of at least 4 members (excludes halogenated alkanes) is 23. The van der Waals surface area contributed by atoms with Crippen LogP contribution >= 0.6 is 0 Å². The molecule has 0 aromatic heterocycles. The summed E-state index contributed by atoms with van der Waals surface area (Å²) in [7, 11) is 0. The second kappa shape index (κ2) is 34.9. The number of aliphatic hydroxyl groups is 4. The number of hydrogen-bond donors (Lipinski definition) is 4. The Morgan fingerprint density at radius 2 is 1.00 bits per heavy atom. The van der Waals surface area contributed by atoms with Gasteiger partial charge in [-0.1, -0.05) is 154 Å². The summed E-state index contributed by atoms with van der Waals surface area (Å²) in [6.45, 7) is 3.40. The second-order valence-corrected chi connectivity index (χ2v) is 15.2. The van der Waals surface area contributed by atoms with Gasteiger partial charge in [0.15, 0.2) is 12.4 Å². The van der Waals surface area contributed by atoms with E-state index in [9.17, 15) is 30.0 Å². The maximum absolute atomic E-state index is 12.7. The Morgan fingerprint density at radius 1 is 0.566 bits per heavy atom. The predicted octanol–water partition coefficient (Wildman–Crippen LogP) is 8.78. The van der Waals surface area contributed by atoms with Gasteiger partial charge in [0.05, 0.1) is 13.2 Å². The number of carbonyl (C=O) groups is 2. The van der Waals surface area contributed by atoms with E-state index in [1.807, 2.05) is 0 Å². The Labute approximate surface area is 322 Å². The van der Waals surface area contributed by atoms with Gasteiger partial charge in [-0.3, -0.25) is 9.59 Å². The van der Waals surface area contributed by atoms with Gasteiger partial charge in [0.25, 0.3) is 0 Å². The van der Waals surface area contributed by atoms with Gasteiger partial charge in [-0.25, -0.2) is 0 Å². The quantitative estimate of drug-likeness (QED) is 0.0277. The van der Waals surface area contributed by atoms with Crippen LogP contribution in [0.4, 0.5) is 0 Å². The molecule has 0 aromatic carbocycles. The average molecular weight is 757 g/mol. The summed E-state index contributed by atoms with van der Waals surface area (Å²) < 4.78 is 22.1. The Morgan fingerprint density at radius 3 is 1.47 bits per heavy atom. The third-order valence-electron chi connectivity index (χ3n) is 10.2. The van der Waals surface area contributed by atoms with Crippen LogP contribution in [-0.2, 0) is 28.5 Å². The molecule has 1 rings (SSSR count). The van der Waals surface area contributed by atoms with Gasteiger partial charge < -0.3 is 39.4 Å². The van der Waals surface area contributed by atoms with Gasteiger partial charge in [0.2, 0.25) is 0 Å². The number of rotatable bonds is 36. The zero-order chi connectivity index (χ0) is 38.8. The molecule has 0 bridgehead atoms. The van der Waals surface area contributed by atoms with Gasteiger partial charge in [-0.2, -0.15) is 0 Å². The summed E-state index contributed by atoms with van der Waals surface area (Å²) in [5, 5.41) is 40.0. The summed E-state index contributed by atoms with van der Waals surface area (Å²) >= 11 is 0. The first-order valence-electron chi connectivity index (χ1n) is 21.8. The number of esters is 2. The fraction of sp³-hybridized carbons (Fsp3) is 0.907. The monoisotopic (exact) mass is 757 g/mol. The fourth-order valence-corrected chi connectivity index (χ4v) is 6.65. The van der Waals surface area contributed by atoms with Gasteiger partial charge >= 0.3 is 11.9 Å². The van der Waals surface area contributed by atoms with E-state index in [4.69, 9.17) is 18.9 Å². The highest BCUT2D eigenvalue weighted by molar-refractivity contribution is 5.70. The van der Waals surface area contributed by atoms with Crippen molar-refractivity contribution in [3.63, 3.8) is 0 Å². The molecular formula is C43H80O10. The van der Waals surface area contributed by atoms with E-state index in [-0.39, 0.29) is 32.0 Å². The standard InChI is InChI=1S/C43H80O10/c1-3-5-7-9-11-13-14-15-16-17-18-19-20-21-22-24-26-28-30-32-39(46)52-36(35-51-43-42(49)41(48)40(47)37(33-44)53-43)34-50-38(45)31-29-27-25-23-12-10-8-6-4-2/h15-16,36-37,40-44,47-49H,3-14,17-35H2,1-2H3/b16-15+/t36-,37-,40+,41?,42?,43-/m1/s1. The molecule has 10 nitrogen and oxygen atoms in total. The van der Waals surface area contributed by atoms with E-state index in [1.54, 1.807) is 0 Å². The number of carbonyl (C=O) groups excluding carboxylic acids is 2. The molecular weight excluding hydrogens is 676 g/mol. The summed E-state index contributed by atoms with van der Waals surface area (Å²) in [6, 6.07) is 0. The molecule has 4 N–H and O–H groups in total. The van der Waals surface area contributed by atoms with Crippen molar-refractivity contribution >= 4 is 11.9 Å². The van der Waals surface area contributed by atoms with E-state index >= 15 is 0 Å². The van der Waals surface area contributed by atoms with Crippen molar-refractivity contribution in [1.82, 2.24) is 0 Å². The first-order chi connectivity index (χ1) is 25.8. The van der Waals surface area contributed by atoms with Crippen molar-refractivity contribution in [2.75, 3.05) is 19.8 Å². The lowest BCUT2D eigenvalue weighted by Gasteiger charge is -2.39. The zero-order valence-electron chi connectivity index (χ0n) is 33.8. The molecule has 6 atom stereocenters. The smallest absolute Gasteiger partial charge is 0.306 e. The van der Waals surface area contributed by atoms with Crippen LogP contribution in [0.3, 0.4) is 0 Å². The molecule has 1 aliphatic heterocycles. The first kappa shape index (κ1) is 49.5. The minimum atomic E-state index is -1.59. The predicted molar refractivity (Wildman–Crippen MR) is 210 cm³/mol. The molecule has 0 amide bonds. The van der Waals surface area contributed by atoms with Gasteiger partial charge in [-0.15, -0.1) is 0 Å². The van der Waals surface area contributed by atoms with Crippen molar-refractivity contribution in [3.05, 3.63) is 12.2 Å². The zero-order valence-corrected chi connectivity index (χ0v) is 33.8. The summed E-state index contributed by atoms with van der Waals surface area (Å²) in [5.41, 5.74) is 0.